The lowest BCUT2D eigenvalue weighted by molar-refractivity contribution is 0.617. The maximum Gasteiger partial charge on any atom is 0.123 e. The molecule has 1 atom stereocenters. The van der Waals surface area contributed by atoms with Crippen LogP contribution in [-0.2, 0) is 0 Å². The zero-order valence-corrected chi connectivity index (χ0v) is 15.5. The van der Waals surface area contributed by atoms with Crippen LogP contribution in [0.1, 0.15) is 34.1 Å². The van der Waals surface area contributed by atoms with Crippen LogP contribution in [0.5, 0.6) is 0 Å². The van der Waals surface area contributed by atoms with Crippen molar-refractivity contribution < 1.29 is 13.2 Å². The van der Waals surface area contributed by atoms with Gasteiger partial charge in [-0.25, -0.2) is 13.2 Å². The molecule has 0 saturated carbocycles. The summed E-state index contributed by atoms with van der Waals surface area (Å²) >= 11 is 0. The minimum absolute atomic E-state index is 0.180. The number of rotatable bonds is 5. The lowest BCUT2D eigenvalue weighted by atomic mass is 9.74. The number of hydrogen-bond acceptors (Lipinski definition) is 0. The summed E-state index contributed by atoms with van der Waals surface area (Å²) in [6, 6.07) is 29.7. The summed E-state index contributed by atoms with van der Waals surface area (Å²) in [5, 5.41) is 0. The van der Waals surface area contributed by atoms with Crippen molar-refractivity contribution in [1.82, 2.24) is 0 Å². The Labute approximate surface area is 168 Å². The van der Waals surface area contributed by atoms with Crippen molar-refractivity contribution >= 4 is 0 Å². The van der Waals surface area contributed by atoms with E-state index in [2.05, 4.69) is 6.07 Å². The quantitative estimate of drug-likeness (QED) is 0.351. The van der Waals surface area contributed by atoms with E-state index >= 15 is 0 Å². The van der Waals surface area contributed by atoms with E-state index in [0.717, 1.165) is 22.3 Å². The average molecular weight is 387 g/mol. The summed E-state index contributed by atoms with van der Waals surface area (Å²) in [4.78, 5) is 0. The molecule has 0 heterocycles. The van der Waals surface area contributed by atoms with Gasteiger partial charge in [0.1, 0.15) is 17.5 Å². The second-order valence-corrected chi connectivity index (χ2v) is 6.94. The first-order valence-electron chi connectivity index (χ1n) is 9.34. The van der Waals surface area contributed by atoms with Crippen molar-refractivity contribution in [3.63, 3.8) is 0 Å². The molecule has 0 aliphatic heterocycles. The Balaban J connectivity index is 1.93. The highest BCUT2D eigenvalue weighted by Crippen LogP contribution is 2.43. The van der Waals surface area contributed by atoms with Crippen molar-refractivity contribution in [3.8, 4) is 0 Å². The van der Waals surface area contributed by atoms with Gasteiger partial charge in [-0.2, -0.15) is 0 Å². The van der Waals surface area contributed by atoms with Gasteiger partial charge in [0.05, 0.1) is 0 Å². The molecule has 29 heavy (non-hydrogen) atoms. The van der Waals surface area contributed by atoms with Gasteiger partial charge in [0.15, 0.2) is 0 Å². The first-order valence-corrected chi connectivity index (χ1v) is 9.34. The van der Waals surface area contributed by atoms with Gasteiger partial charge >= 0.3 is 0 Å². The van der Waals surface area contributed by atoms with E-state index in [-0.39, 0.29) is 29.3 Å². The third-order valence-electron chi connectivity index (χ3n) is 5.12. The average Bonchev–Trinajstić information content (AvgIpc) is 2.75. The largest absolute Gasteiger partial charge is 0.207 e. The third-order valence-corrected chi connectivity index (χ3v) is 5.12. The number of halogens is 3. The normalized spacial score (nSPS) is 12.1. The van der Waals surface area contributed by atoms with Crippen molar-refractivity contribution in [1.29, 1.82) is 0 Å². The van der Waals surface area contributed by atoms with E-state index in [0.29, 0.717) is 0 Å². The molecule has 0 N–H and O–H groups in total. The van der Waals surface area contributed by atoms with Crippen LogP contribution in [0, 0.1) is 23.5 Å². The van der Waals surface area contributed by atoms with Gasteiger partial charge in [0.25, 0.3) is 0 Å². The van der Waals surface area contributed by atoms with Crippen molar-refractivity contribution in [2.75, 3.05) is 0 Å². The van der Waals surface area contributed by atoms with Crippen LogP contribution >= 0.6 is 0 Å². The highest BCUT2D eigenvalue weighted by Gasteiger charge is 2.28. The van der Waals surface area contributed by atoms with Crippen LogP contribution in [0.3, 0.4) is 0 Å². The van der Waals surface area contributed by atoms with Crippen molar-refractivity contribution in [2.24, 2.45) is 0 Å². The molecule has 0 aromatic heterocycles. The van der Waals surface area contributed by atoms with Gasteiger partial charge in [-0.1, -0.05) is 60.7 Å². The van der Waals surface area contributed by atoms with E-state index in [4.69, 9.17) is 0 Å². The molecule has 0 amide bonds. The highest BCUT2D eigenvalue weighted by molar-refractivity contribution is 5.44. The van der Waals surface area contributed by atoms with Crippen LogP contribution in [-0.4, -0.2) is 0 Å². The van der Waals surface area contributed by atoms with Crippen LogP contribution in [0.2, 0.25) is 0 Å². The van der Waals surface area contributed by atoms with Crippen molar-refractivity contribution in [3.05, 3.63) is 143 Å². The molecular formula is C26H18F3. The van der Waals surface area contributed by atoms with Gasteiger partial charge in [0.2, 0.25) is 0 Å². The Morgan fingerprint density at radius 1 is 0.414 bits per heavy atom. The predicted molar refractivity (Wildman–Crippen MR) is 108 cm³/mol. The summed E-state index contributed by atoms with van der Waals surface area (Å²) in [7, 11) is 0. The highest BCUT2D eigenvalue weighted by atomic mass is 19.1. The Hall–Kier alpha value is -3.33. The first-order chi connectivity index (χ1) is 14.1. The van der Waals surface area contributed by atoms with Crippen LogP contribution in [0.15, 0.2) is 97.1 Å². The molecular weight excluding hydrogens is 369 g/mol. The molecule has 3 heteroatoms. The summed E-state index contributed by atoms with van der Waals surface area (Å²) in [6.45, 7) is 0. The monoisotopic (exact) mass is 387 g/mol. The van der Waals surface area contributed by atoms with Gasteiger partial charge < -0.3 is 0 Å². The number of hydrogen-bond donors (Lipinski definition) is 0. The second kappa shape index (κ2) is 8.36. The minimum Gasteiger partial charge on any atom is -0.207 e. The van der Waals surface area contributed by atoms with Gasteiger partial charge in [0, 0.05) is 11.8 Å². The smallest absolute Gasteiger partial charge is 0.123 e. The van der Waals surface area contributed by atoms with Gasteiger partial charge in [-0.3, -0.25) is 0 Å². The second-order valence-electron chi connectivity index (χ2n) is 6.94. The summed E-state index contributed by atoms with van der Waals surface area (Å²) in [5.74, 6) is -1.35. The lowest BCUT2D eigenvalue weighted by Gasteiger charge is -2.29. The molecule has 0 aliphatic carbocycles. The topological polar surface area (TPSA) is 0 Å². The molecule has 0 nitrogen and oxygen atoms in total. The first kappa shape index (κ1) is 19.0. The number of benzene rings is 4. The molecule has 1 unspecified atom stereocenters. The molecule has 0 spiro atoms. The Kier molecular flexibility index (Phi) is 5.48. The molecule has 0 saturated heterocycles. The molecule has 4 rings (SSSR count). The van der Waals surface area contributed by atoms with Gasteiger partial charge in [-0.05, 0) is 64.7 Å². The van der Waals surface area contributed by atoms with Gasteiger partial charge in [-0.15, -0.1) is 0 Å². The maximum atomic E-state index is 13.6. The summed E-state index contributed by atoms with van der Waals surface area (Å²) < 4.78 is 40.8. The van der Waals surface area contributed by atoms with E-state index in [9.17, 15) is 13.2 Å². The van der Waals surface area contributed by atoms with E-state index in [1.54, 1.807) is 36.4 Å². The van der Waals surface area contributed by atoms with Crippen LogP contribution in [0.25, 0.3) is 0 Å². The Morgan fingerprint density at radius 3 is 1.00 bits per heavy atom. The fourth-order valence-corrected chi connectivity index (χ4v) is 3.77. The maximum absolute atomic E-state index is 13.6. The molecule has 4 aromatic carbocycles. The molecule has 0 aliphatic rings. The SMILES string of the molecule is Fc1ccc(C(c2cc[c]cc2)C(c2ccc(F)cc2)c2ccc(F)cc2)cc1. The van der Waals surface area contributed by atoms with Crippen molar-refractivity contribution in [2.45, 2.75) is 11.8 Å². The van der Waals surface area contributed by atoms with Crippen LogP contribution in [0.4, 0.5) is 13.2 Å². The van der Waals surface area contributed by atoms with Crippen LogP contribution < -0.4 is 0 Å². The minimum atomic E-state index is -0.320. The molecule has 0 fully saturated rings. The fraction of sp³-hybridized carbons (Fsp3) is 0.0769. The zero-order valence-electron chi connectivity index (χ0n) is 15.5. The Morgan fingerprint density at radius 2 is 0.690 bits per heavy atom. The standard InChI is InChI=1S/C26H18F3/c27-22-12-6-19(7-13-22)25(18-4-2-1-3-5-18)26(20-8-14-23(28)15-9-20)21-10-16-24(29)17-11-21/h2-17,25-26H. The fourth-order valence-electron chi connectivity index (χ4n) is 3.77. The lowest BCUT2D eigenvalue weighted by Crippen LogP contribution is -2.15. The summed E-state index contributed by atoms with van der Waals surface area (Å²) in [6.07, 6.45) is 0. The Bertz CT molecular complexity index is 1010. The van der Waals surface area contributed by atoms with E-state index < -0.39 is 0 Å². The zero-order chi connectivity index (χ0) is 20.2. The third kappa shape index (κ3) is 4.24. The van der Waals surface area contributed by atoms with E-state index in [1.807, 2.05) is 24.3 Å². The molecule has 0 bridgehead atoms. The molecule has 1 radical (unpaired) electrons. The molecule has 4 aromatic rings. The van der Waals surface area contributed by atoms with E-state index in [1.165, 1.54) is 36.4 Å². The molecule has 143 valence electrons. The predicted octanol–water partition coefficient (Wildman–Crippen LogP) is 6.87. The summed E-state index contributed by atoms with van der Waals surface area (Å²) in [5.41, 5.74) is 3.70.